The predicted octanol–water partition coefficient (Wildman–Crippen LogP) is 2.78. The molecule has 1 aromatic rings. The van der Waals surface area contributed by atoms with Gasteiger partial charge in [-0.25, -0.2) is 0 Å². The highest BCUT2D eigenvalue weighted by Gasteiger charge is 2.30. The Hall–Kier alpha value is -0.870. The zero-order chi connectivity index (χ0) is 13.2. The van der Waals surface area contributed by atoms with Gasteiger partial charge in [-0.05, 0) is 37.6 Å². The fourth-order valence-corrected chi connectivity index (χ4v) is 3.55. The van der Waals surface area contributed by atoms with Crippen molar-refractivity contribution in [2.24, 2.45) is 0 Å². The van der Waals surface area contributed by atoms with Crippen LogP contribution in [0.15, 0.2) is 24.3 Å². The van der Waals surface area contributed by atoms with E-state index < -0.39 is 0 Å². The number of likely N-dealkylation sites (tertiary alicyclic amines) is 1. The van der Waals surface area contributed by atoms with Gasteiger partial charge in [0, 0.05) is 30.0 Å². The van der Waals surface area contributed by atoms with Crippen LogP contribution in [0.1, 0.15) is 24.8 Å². The molecule has 1 amide bonds. The number of rotatable bonds is 3. The quantitative estimate of drug-likeness (QED) is 0.799. The molecule has 2 aliphatic heterocycles. The van der Waals surface area contributed by atoms with Crippen molar-refractivity contribution in [3.63, 3.8) is 0 Å². The molecule has 0 aromatic heterocycles. The Kier molecular flexibility index (Phi) is 3.89. The van der Waals surface area contributed by atoms with E-state index in [1.165, 1.54) is 31.5 Å². The molecule has 1 aromatic carbocycles. The lowest BCUT2D eigenvalue weighted by Gasteiger charge is -2.23. The monoisotopic (exact) mass is 322 g/mol. The molecule has 4 heteroatoms. The number of nitrogens with zero attached hydrogens (tertiary/aromatic N) is 2. The van der Waals surface area contributed by atoms with E-state index in [2.05, 4.69) is 39.0 Å². The maximum Gasteiger partial charge on any atom is 0.228 e. The minimum Gasteiger partial charge on any atom is -0.311 e. The molecule has 2 aliphatic rings. The molecule has 0 spiro atoms. The van der Waals surface area contributed by atoms with E-state index in [0.29, 0.717) is 11.2 Å². The van der Waals surface area contributed by atoms with E-state index in [1.807, 2.05) is 11.0 Å². The molecular formula is C15H19BrN2O. The van der Waals surface area contributed by atoms with Crippen LogP contribution in [0.2, 0.25) is 0 Å². The Morgan fingerprint density at radius 1 is 1.21 bits per heavy atom. The number of amides is 1. The normalized spacial score (nSPS) is 24.4. The average molecular weight is 323 g/mol. The van der Waals surface area contributed by atoms with Gasteiger partial charge in [0.25, 0.3) is 0 Å². The van der Waals surface area contributed by atoms with Crippen LogP contribution in [0, 0.1) is 0 Å². The summed E-state index contributed by atoms with van der Waals surface area (Å²) >= 11 is 3.56. The highest BCUT2D eigenvalue weighted by molar-refractivity contribution is 9.09. The second kappa shape index (κ2) is 5.63. The molecule has 1 atom stereocenters. The van der Waals surface area contributed by atoms with Gasteiger partial charge in [-0.1, -0.05) is 34.1 Å². The number of anilines is 1. The predicted molar refractivity (Wildman–Crippen MR) is 80.6 cm³/mol. The molecule has 0 N–H and O–H groups in total. The summed E-state index contributed by atoms with van der Waals surface area (Å²) in [4.78, 5) is 16.8. The van der Waals surface area contributed by atoms with E-state index in [-0.39, 0.29) is 5.91 Å². The number of hydrogen-bond acceptors (Lipinski definition) is 2. The average Bonchev–Trinajstić information content (AvgIpc) is 3.00. The molecular weight excluding hydrogens is 304 g/mol. The molecule has 0 radical (unpaired) electrons. The summed E-state index contributed by atoms with van der Waals surface area (Å²) in [6.45, 7) is 4.12. The molecule has 2 heterocycles. The first-order chi connectivity index (χ1) is 9.24. The van der Waals surface area contributed by atoms with Crippen molar-refractivity contribution in [2.45, 2.75) is 30.6 Å². The highest BCUT2D eigenvalue weighted by atomic mass is 79.9. The Morgan fingerprint density at radius 2 is 1.95 bits per heavy atom. The first kappa shape index (κ1) is 13.1. The van der Waals surface area contributed by atoms with Gasteiger partial charge in [0.05, 0.1) is 0 Å². The van der Waals surface area contributed by atoms with Crippen molar-refractivity contribution in [1.29, 1.82) is 0 Å². The minimum absolute atomic E-state index is 0.232. The van der Waals surface area contributed by atoms with Crippen LogP contribution in [0.5, 0.6) is 0 Å². The summed E-state index contributed by atoms with van der Waals surface area (Å²) < 4.78 is 0. The van der Waals surface area contributed by atoms with E-state index in [1.54, 1.807) is 0 Å². The first-order valence-electron chi connectivity index (χ1n) is 6.99. The molecule has 3 nitrogen and oxygen atoms in total. The lowest BCUT2D eigenvalue weighted by atomic mass is 10.1. The molecule has 0 saturated carbocycles. The van der Waals surface area contributed by atoms with Gasteiger partial charge >= 0.3 is 0 Å². The zero-order valence-electron chi connectivity index (χ0n) is 11.0. The Labute approximate surface area is 122 Å². The fourth-order valence-electron chi connectivity index (χ4n) is 2.99. The van der Waals surface area contributed by atoms with Gasteiger partial charge in [-0.2, -0.15) is 0 Å². The van der Waals surface area contributed by atoms with Crippen LogP contribution < -0.4 is 4.90 Å². The van der Waals surface area contributed by atoms with Crippen LogP contribution >= 0.6 is 15.9 Å². The molecule has 19 heavy (non-hydrogen) atoms. The van der Waals surface area contributed by atoms with Gasteiger partial charge < -0.3 is 4.90 Å². The second-order valence-corrected chi connectivity index (χ2v) is 6.71. The molecule has 0 aliphatic carbocycles. The number of carbonyl (C=O) groups excluding carboxylic acids is 1. The Balaban J connectivity index is 1.82. The maximum atomic E-state index is 12.1. The number of alkyl halides is 1. The zero-order valence-corrected chi connectivity index (χ0v) is 12.6. The van der Waals surface area contributed by atoms with E-state index in [9.17, 15) is 4.79 Å². The minimum atomic E-state index is 0.232. The van der Waals surface area contributed by atoms with Crippen LogP contribution in [0.4, 0.5) is 5.69 Å². The van der Waals surface area contributed by atoms with Crippen molar-refractivity contribution < 1.29 is 4.79 Å². The van der Waals surface area contributed by atoms with E-state index in [4.69, 9.17) is 0 Å². The number of benzene rings is 1. The molecule has 102 valence electrons. The Morgan fingerprint density at radius 3 is 2.63 bits per heavy atom. The van der Waals surface area contributed by atoms with Crippen molar-refractivity contribution in [1.82, 2.24) is 4.90 Å². The van der Waals surface area contributed by atoms with Gasteiger partial charge in [0.1, 0.15) is 0 Å². The standard InChI is InChI=1S/C15H19BrN2O/c16-13-9-15(19)18(11-13)14-6-2-1-5-12(14)10-17-7-3-4-8-17/h1-2,5-6,13H,3-4,7-11H2. The summed E-state index contributed by atoms with van der Waals surface area (Å²) in [5.41, 5.74) is 2.38. The number of para-hydroxylation sites is 1. The summed E-state index contributed by atoms with van der Waals surface area (Å²) in [5, 5.41) is 0. The third-order valence-corrected chi connectivity index (χ3v) is 4.57. The molecule has 2 saturated heterocycles. The molecule has 1 unspecified atom stereocenters. The van der Waals surface area contributed by atoms with Crippen molar-refractivity contribution in [2.75, 3.05) is 24.5 Å². The van der Waals surface area contributed by atoms with Crippen LogP contribution in [-0.4, -0.2) is 35.3 Å². The smallest absolute Gasteiger partial charge is 0.228 e. The molecule has 3 rings (SSSR count). The first-order valence-corrected chi connectivity index (χ1v) is 7.90. The second-order valence-electron chi connectivity index (χ2n) is 5.42. The lowest BCUT2D eigenvalue weighted by molar-refractivity contribution is -0.117. The van der Waals surface area contributed by atoms with Crippen molar-refractivity contribution in [3.8, 4) is 0 Å². The lowest BCUT2D eigenvalue weighted by Crippen LogP contribution is -2.27. The van der Waals surface area contributed by atoms with E-state index >= 15 is 0 Å². The fraction of sp³-hybridized carbons (Fsp3) is 0.533. The molecule has 2 fully saturated rings. The van der Waals surface area contributed by atoms with E-state index in [0.717, 1.165) is 18.8 Å². The van der Waals surface area contributed by atoms with Gasteiger partial charge in [0.15, 0.2) is 0 Å². The summed E-state index contributed by atoms with van der Waals surface area (Å²) in [6.07, 6.45) is 3.21. The summed E-state index contributed by atoms with van der Waals surface area (Å²) in [7, 11) is 0. The van der Waals surface area contributed by atoms with Crippen LogP contribution in [-0.2, 0) is 11.3 Å². The summed E-state index contributed by atoms with van der Waals surface area (Å²) in [6, 6.07) is 8.33. The number of halogens is 1. The SMILES string of the molecule is O=C1CC(Br)CN1c1ccccc1CN1CCCC1. The summed E-state index contributed by atoms with van der Waals surface area (Å²) in [5.74, 6) is 0.232. The highest BCUT2D eigenvalue weighted by Crippen LogP contribution is 2.29. The van der Waals surface area contributed by atoms with Crippen LogP contribution in [0.3, 0.4) is 0 Å². The maximum absolute atomic E-state index is 12.1. The number of carbonyl (C=O) groups is 1. The van der Waals surface area contributed by atoms with Gasteiger partial charge in [-0.3, -0.25) is 9.69 Å². The topological polar surface area (TPSA) is 23.6 Å². The van der Waals surface area contributed by atoms with Gasteiger partial charge in [-0.15, -0.1) is 0 Å². The Bertz CT molecular complexity index is 471. The van der Waals surface area contributed by atoms with Gasteiger partial charge in [0.2, 0.25) is 5.91 Å². The largest absolute Gasteiger partial charge is 0.311 e. The molecule has 0 bridgehead atoms. The van der Waals surface area contributed by atoms with Crippen molar-refractivity contribution >= 4 is 27.5 Å². The third kappa shape index (κ3) is 2.84. The van der Waals surface area contributed by atoms with Crippen LogP contribution in [0.25, 0.3) is 0 Å². The third-order valence-electron chi connectivity index (χ3n) is 3.95. The number of hydrogen-bond donors (Lipinski definition) is 0. The van der Waals surface area contributed by atoms with Crippen molar-refractivity contribution in [3.05, 3.63) is 29.8 Å².